The maximum atomic E-state index is 12.0. The molecule has 3 aromatic carbocycles. The fraction of sp³-hybridized carbons (Fsp3) is 0. The standard InChI is InChI=1S/C27H18N2O4S2/c30-27(31)23-7-2-5-20(26(23)21-12-11-19-13-14-28-24(19)17-21)10-9-18-4-1-6-22(16-18)29(35(32)33)25-8-3-15-34-25/h1-8,11-17,28,35H,(H,30,31). The van der Waals surface area contributed by atoms with Crippen molar-refractivity contribution in [3.05, 3.63) is 107 Å². The first-order chi connectivity index (χ1) is 17.0. The van der Waals surface area contributed by atoms with Gasteiger partial charge in [0.05, 0.1) is 11.3 Å². The van der Waals surface area contributed by atoms with Crippen LogP contribution < -0.4 is 4.31 Å². The first-order valence-corrected chi connectivity index (χ1v) is 12.6. The number of carbonyl (C=O) groups is 1. The molecular formula is C27H18N2O4S2. The number of thiol groups is 1. The Morgan fingerprint density at radius 3 is 2.57 bits per heavy atom. The first kappa shape index (κ1) is 22.5. The molecule has 0 saturated heterocycles. The quantitative estimate of drug-likeness (QED) is 0.215. The second-order valence-corrected chi connectivity index (χ2v) is 9.42. The summed E-state index contributed by atoms with van der Waals surface area (Å²) in [5.74, 6) is 5.14. The van der Waals surface area contributed by atoms with Gasteiger partial charge in [-0.05, 0) is 70.9 Å². The SMILES string of the molecule is O=C(O)c1cccc(C#Cc2cccc(N(c3cccs3)[SH](=O)=O)c2)c1-c1ccc2cc[nH]c2c1. The van der Waals surface area contributed by atoms with Crippen molar-refractivity contribution in [2.75, 3.05) is 4.31 Å². The predicted octanol–water partition coefficient (Wildman–Crippen LogP) is 5.66. The van der Waals surface area contributed by atoms with Gasteiger partial charge in [0.25, 0.3) is 0 Å². The Morgan fingerprint density at radius 1 is 0.943 bits per heavy atom. The lowest BCUT2D eigenvalue weighted by Crippen LogP contribution is -2.12. The van der Waals surface area contributed by atoms with Crippen molar-refractivity contribution in [3.8, 4) is 23.0 Å². The average molecular weight is 499 g/mol. The number of aromatic nitrogens is 1. The zero-order valence-corrected chi connectivity index (χ0v) is 19.8. The molecule has 2 N–H and O–H groups in total. The van der Waals surface area contributed by atoms with Crippen LogP contribution in [0.2, 0.25) is 0 Å². The van der Waals surface area contributed by atoms with Crippen molar-refractivity contribution in [2.24, 2.45) is 0 Å². The smallest absolute Gasteiger partial charge is 0.336 e. The molecule has 0 fully saturated rings. The number of aromatic carboxylic acids is 1. The number of fused-ring (bicyclic) bond motifs is 1. The molecule has 8 heteroatoms. The monoisotopic (exact) mass is 498 g/mol. The molecule has 0 aliphatic rings. The minimum atomic E-state index is -2.89. The fourth-order valence-electron chi connectivity index (χ4n) is 3.90. The average Bonchev–Trinajstić information content (AvgIpc) is 3.54. The summed E-state index contributed by atoms with van der Waals surface area (Å²) >= 11 is 1.32. The zero-order chi connectivity index (χ0) is 24.4. The van der Waals surface area contributed by atoms with E-state index in [0.29, 0.717) is 27.4 Å². The Balaban J connectivity index is 1.59. The number of carboxylic acids is 1. The number of hydrogen-bond donors (Lipinski definition) is 3. The highest BCUT2D eigenvalue weighted by atomic mass is 32.2. The molecule has 35 heavy (non-hydrogen) atoms. The van der Waals surface area contributed by atoms with Crippen molar-refractivity contribution in [1.82, 2.24) is 4.98 Å². The van der Waals surface area contributed by atoms with Crippen LogP contribution in [0, 0.1) is 11.8 Å². The van der Waals surface area contributed by atoms with Gasteiger partial charge in [-0.3, -0.25) is 0 Å². The molecule has 0 aliphatic heterocycles. The Hall–Kier alpha value is -4.32. The summed E-state index contributed by atoms with van der Waals surface area (Å²) in [6, 6.07) is 23.1. The van der Waals surface area contributed by atoms with E-state index in [-0.39, 0.29) is 5.56 Å². The maximum absolute atomic E-state index is 12.0. The third kappa shape index (κ3) is 4.55. The Morgan fingerprint density at radius 2 is 1.80 bits per heavy atom. The number of rotatable bonds is 5. The number of carboxylic acid groups (broad SMARTS) is 1. The molecule has 0 atom stereocenters. The lowest BCUT2D eigenvalue weighted by Gasteiger charge is -2.15. The summed E-state index contributed by atoms with van der Waals surface area (Å²) in [6.07, 6.45) is 1.83. The predicted molar refractivity (Wildman–Crippen MR) is 140 cm³/mol. The summed E-state index contributed by atoms with van der Waals surface area (Å²) in [5, 5.41) is 13.3. The summed E-state index contributed by atoms with van der Waals surface area (Å²) in [7, 11) is -2.89. The molecule has 5 rings (SSSR count). The summed E-state index contributed by atoms with van der Waals surface area (Å²) in [4.78, 5) is 15.2. The van der Waals surface area contributed by atoms with Gasteiger partial charge in [0.15, 0.2) is 0 Å². The van der Waals surface area contributed by atoms with E-state index >= 15 is 0 Å². The minimum absolute atomic E-state index is 0.156. The van der Waals surface area contributed by atoms with Crippen LogP contribution in [-0.4, -0.2) is 24.5 Å². The molecule has 2 aromatic heterocycles. The van der Waals surface area contributed by atoms with Gasteiger partial charge < -0.3 is 10.1 Å². The van der Waals surface area contributed by atoms with Crippen LogP contribution in [0.3, 0.4) is 0 Å². The molecule has 0 unspecified atom stereocenters. The first-order valence-electron chi connectivity index (χ1n) is 10.5. The van der Waals surface area contributed by atoms with Crippen LogP contribution >= 0.6 is 11.3 Å². The third-order valence-corrected chi connectivity index (χ3v) is 7.21. The fourth-order valence-corrected chi connectivity index (χ4v) is 5.44. The second kappa shape index (κ2) is 9.50. The second-order valence-electron chi connectivity index (χ2n) is 7.61. The lowest BCUT2D eigenvalue weighted by atomic mass is 9.93. The number of aromatic amines is 1. The number of nitrogens with one attached hydrogen (secondary N) is 1. The minimum Gasteiger partial charge on any atom is -0.478 e. The molecule has 0 spiro atoms. The van der Waals surface area contributed by atoms with Crippen molar-refractivity contribution >= 4 is 49.8 Å². The van der Waals surface area contributed by atoms with Gasteiger partial charge in [-0.15, -0.1) is 11.3 Å². The molecule has 0 amide bonds. The van der Waals surface area contributed by atoms with E-state index in [9.17, 15) is 18.3 Å². The number of thiophene rings is 1. The van der Waals surface area contributed by atoms with Crippen LogP contribution in [0.25, 0.3) is 22.0 Å². The largest absolute Gasteiger partial charge is 0.478 e. The number of nitrogens with zero attached hydrogens (tertiary/aromatic N) is 1. The molecular weight excluding hydrogens is 480 g/mol. The van der Waals surface area contributed by atoms with Crippen LogP contribution in [0.15, 0.2) is 90.4 Å². The summed E-state index contributed by atoms with van der Waals surface area (Å²) in [5.41, 5.74) is 3.97. The number of anilines is 2. The van der Waals surface area contributed by atoms with Crippen LogP contribution in [0.4, 0.5) is 10.7 Å². The van der Waals surface area contributed by atoms with Gasteiger partial charge in [0, 0.05) is 28.4 Å². The molecule has 172 valence electrons. The number of H-pyrrole nitrogens is 1. The van der Waals surface area contributed by atoms with Gasteiger partial charge in [-0.1, -0.05) is 36.1 Å². The normalized spacial score (nSPS) is 10.8. The van der Waals surface area contributed by atoms with E-state index in [2.05, 4.69) is 16.8 Å². The highest BCUT2D eigenvalue weighted by Gasteiger charge is 2.16. The maximum Gasteiger partial charge on any atom is 0.336 e. The molecule has 6 nitrogen and oxygen atoms in total. The third-order valence-electron chi connectivity index (χ3n) is 5.45. The van der Waals surface area contributed by atoms with E-state index in [1.54, 1.807) is 54.6 Å². The summed E-state index contributed by atoms with van der Waals surface area (Å²) in [6.45, 7) is 0. The van der Waals surface area contributed by atoms with Crippen molar-refractivity contribution < 1.29 is 18.3 Å². The molecule has 0 saturated carbocycles. The molecule has 0 bridgehead atoms. The Bertz CT molecular complexity index is 1680. The Labute approximate surface area is 207 Å². The Kier molecular flexibility index (Phi) is 6.10. The van der Waals surface area contributed by atoms with Crippen molar-refractivity contribution in [1.29, 1.82) is 0 Å². The van der Waals surface area contributed by atoms with Gasteiger partial charge >= 0.3 is 5.97 Å². The molecule has 5 aromatic rings. The van der Waals surface area contributed by atoms with Crippen LogP contribution in [0.1, 0.15) is 21.5 Å². The van der Waals surface area contributed by atoms with Crippen LogP contribution in [-0.2, 0) is 10.9 Å². The van der Waals surface area contributed by atoms with E-state index in [0.717, 1.165) is 16.5 Å². The molecule has 0 aliphatic carbocycles. The van der Waals surface area contributed by atoms with Crippen LogP contribution in [0.5, 0.6) is 0 Å². The number of hydrogen-bond acceptors (Lipinski definition) is 4. The highest BCUT2D eigenvalue weighted by molar-refractivity contribution is 7.74. The van der Waals surface area contributed by atoms with E-state index in [4.69, 9.17) is 0 Å². The van der Waals surface area contributed by atoms with Gasteiger partial charge in [-0.2, -0.15) is 0 Å². The van der Waals surface area contributed by atoms with Gasteiger partial charge in [0.2, 0.25) is 10.9 Å². The summed E-state index contributed by atoms with van der Waals surface area (Å²) < 4.78 is 25.1. The van der Waals surface area contributed by atoms with E-state index in [1.165, 1.54) is 15.6 Å². The van der Waals surface area contributed by atoms with Crippen molar-refractivity contribution in [2.45, 2.75) is 0 Å². The highest BCUT2D eigenvalue weighted by Crippen LogP contribution is 2.32. The van der Waals surface area contributed by atoms with E-state index in [1.807, 2.05) is 35.8 Å². The number of benzene rings is 3. The van der Waals surface area contributed by atoms with Crippen molar-refractivity contribution in [3.63, 3.8) is 0 Å². The molecule has 2 heterocycles. The van der Waals surface area contributed by atoms with Gasteiger partial charge in [-0.25, -0.2) is 17.5 Å². The van der Waals surface area contributed by atoms with Gasteiger partial charge in [0.1, 0.15) is 5.00 Å². The molecule has 0 radical (unpaired) electrons. The lowest BCUT2D eigenvalue weighted by molar-refractivity contribution is 0.0697. The topological polar surface area (TPSA) is 90.5 Å². The zero-order valence-electron chi connectivity index (χ0n) is 18.1. The van der Waals surface area contributed by atoms with E-state index < -0.39 is 16.9 Å².